The van der Waals surface area contributed by atoms with Crippen LogP contribution in [0, 0.1) is 11.6 Å². The van der Waals surface area contributed by atoms with Gasteiger partial charge in [0, 0.05) is 31.3 Å². The van der Waals surface area contributed by atoms with E-state index in [0.717, 1.165) is 0 Å². The van der Waals surface area contributed by atoms with Gasteiger partial charge in [-0.2, -0.15) is 0 Å². The zero-order valence-corrected chi connectivity index (χ0v) is 14.5. The quantitative estimate of drug-likeness (QED) is 0.635. The van der Waals surface area contributed by atoms with Gasteiger partial charge in [-0.3, -0.25) is 4.99 Å². The lowest BCUT2D eigenvalue weighted by Crippen LogP contribution is -2.38. The molecule has 1 aliphatic heterocycles. The summed E-state index contributed by atoms with van der Waals surface area (Å²) in [4.78, 5) is 4.13. The minimum atomic E-state index is -0.336. The molecule has 0 saturated heterocycles. The molecule has 0 aromatic heterocycles. The van der Waals surface area contributed by atoms with Crippen molar-refractivity contribution in [2.45, 2.75) is 19.6 Å². The first kappa shape index (κ1) is 18.1. The van der Waals surface area contributed by atoms with Crippen LogP contribution < -0.4 is 15.4 Å². The number of nitrogens with zero attached hydrogens (tertiary/aromatic N) is 1. The van der Waals surface area contributed by atoms with Crippen LogP contribution in [0.5, 0.6) is 5.75 Å². The Kier molecular flexibility index (Phi) is 6.01. The van der Waals surface area contributed by atoms with Crippen LogP contribution >= 0.6 is 0 Å². The zero-order chi connectivity index (χ0) is 18.4. The van der Waals surface area contributed by atoms with Gasteiger partial charge in [0.15, 0.2) is 12.8 Å². The number of rotatable bonds is 5. The lowest BCUT2D eigenvalue weighted by atomic mass is 10.1. The maximum Gasteiger partial charge on any atom is 0.191 e. The van der Waals surface area contributed by atoms with E-state index >= 15 is 0 Å². The Bertz CT molecular complexity index is 796. The smallest absolute Gasteiger partial charge is 0.191 e. The minimum Gasteiger partial charge on any atom is -0.467 e. The molecule has 3 rings (SSSR count). The summed E-state index contributed by atoms with van der Waals surface area (Å²) in [7, 11) is 1.64. The summed E-state index contributed by atoms with van der Waals surface area (Å²) in [6, 6.07) is 9.52. The first-order chi connectivity index (χ1) is 12.7. The number of hydrogen-bond acceptors (Lipinski definition) is 3. The molecule has 2 aromatic carbocycles. The second-order valence-corrected chi connectivity index (χ2v) is 5.86. The topological polar surface area (TPSA) is 54.9 Å². The molecule has 26 heavy (non-hydrogen) atoms. The molecule has 0 fully saturated rings. The third-order valence-corrected chi connectivity index (χ3v) is 4.07. The molecular weight excluding hydrogens is 340 g/mol. The van der Waals surface area contributed by atoms with Crippen LogP contribution in [-0.4, -0.2) is 26.3 Å². The van der Waals surface area contributed by atoms with Crippen molar-refractivity contribution in [2.24, 2.45) is 4.99 Å². The summed E-state index contributed by atoms with van der Waals surface area (Å²) >= 11 is 0. The van der Waals surface area contributed by atoms with Crippen molar-refractivity contribution in [1.82, 2.24) is 10.6 Å². The van der Waals surface area contributed by atoms with Gasteiger partial charge < -0.3 is 20.1 Å². The molecule has 0 amide bonds. The Morgan fingerprint density at radius 3 is 2.81 bits per heavy atom. The first-order valence-electron chi connectivity index (χ1n) is 8.37. The van der Waals surface area contributed by atoms with Crippen molar-refractivity contribution in [3.05, 3.63) is 64.7 Å². The standard InChI is InChI=1S/C19H21F2N3O2/c1-22-19(23-7-6-13-4-2-3-5-17(13)21)24-10-14-8-16(20)9-15-11-25-12-26-18(14)15/h2-5,8-9H,6-7,10-12H2,1H3,(H2,22,23,24). The SMILES string of the molecule is CN=C(NCCc1ccccc1F)NCc1cc(F)cc2c1OCOC2. The average molecular weight is 361 g/mol. The maximum atomic E-state index is 13.8. The van der Waals surface area contributed by atoms with Crippen LogP contribution in [0.15, 0.2) is 41.4 Å². The molecule has 1 heterocycles. The molecule has 1 aliphatic rings. The lowest BCUT2D eigenvalue weighted by Gasteiger charge is -2.21. The molecule has 0 atom stereocenters. The van der Waals surface area contributed by atoms with Crippen LogP contribution in [0.25, 0.3) is 0 Å². The summed E-state index contributed by atoms with van der Waals surface area (Å²) < 4.78 is 38.1. The van der Waals surface area contributed by atoms with E-state index in [1.165, 1.54) is 18.2 Å². The molecule has 0 spiro atoms. The third-order valence-electron chi connectivity index (χ3n) is 4.07. The number of guanidine groups is 1. The van der Waals surface area contributed by atoms with Crippen LogP contribution in [0.2, 0.25) is 0 Å². The normalized spacial score (nSPS) is 13.7. The fraction of sp³-hybridized carbons (Fsp3) is 0.316. The highest BCUT2D eigenvalue weighted by Crippen LogP contribution is 2.29. The fourth-order valence-electron chi connectivity index (χ4n) is 2.80. The molecular formula is C19H21F2N3O2. The van der Waals surface area contributed by atoms with Crippen molar-refractivity contribution in [3.63, 3.8) is 0 Å². The molecule has 0 saturated carbocycles. The minimum absolute atomic E-state index is 0.154. The number of hydrogen-bond donors (Lipinski definition) is 2. The van der Waals surface area contributed by atoms with E-state index in [9.17, 15) is 8.78 Å². The largest absolute Gasteiger partial charge is 0.467 e. The van der Waals surface area contributed by atoms with E-state index in [1.54, 1.807) is 19.2 Å². The predicted octanol–water partition coefficient (Wildman–Crippen LogP) is 2.74. The van der Waals surface area contributed by atoms with Crippen LogP contribution in [0.1, 0.15) is 16.7 Å². The average Bonchev–Trinajstić information content (AvgIpc) is 2.65. The monoisotopic (exact) mass is 361 g/mol. The van der Waals surface area contributed by atoms with Gasteiger partial charge in [-0.05, 0) is 30.2 Å². The van der Waals surface area contributed by atoms with Crippen molar-refractivity contribution in [1.29, 1.82) is 0 Å². The molecule has 0 aliphatic carbocycles. The van der Waals surface area contributed by atoms with Crippen molar-refractivity contribution in [2.75, 3.05) is 20.4 Å². The van der Waals surface area contributed by atoms with Gasteiger partial charge in [0.05, 0.1) is 6.61 Å². The number of fused-ring (bicyclic) bond motifs is 1. The maximum absolute atomic E-state index is 13.8. The van der Waals surface area contributed by atoms with E-state index in [1.807, 2.05) is 6.07 Å². The molecule has 0 unspecified atom stereocenters. The fourth-order valence-corrected chi connectivity index (χ4v) is 2.80. The molecule has 2 aromatic rings. The molecule has 7 heteroatoms. The number of aliphatic imine (C=N–C) groups is 1. The number of ether oxygens (including phenoxy) is 2. The van der Waals surface area contributed by atoms with Gasteiger partial charge in [0.1, 0.15) is 17.4 Å². The van der Waals surface area contributed by atoms with Gasteiger partial charge >= 0.3 is 0 Å². The Morgan fingerprint density at radius 1 is 1.15 bits per heavy atom. The van der Waals surface area contributed by atoms with E-state index in [2.05, 4.69) is 15.6 Å². The molecule has 138 valence electrons. The highest BCUT2D eigenvalue weighted by atomic mass is 19.1. The van der Waals surface area contributed by atoms with E-state index in [4.69, 9.17) is 9.47 Å². The first-order valence-corrected chi connectivity index (χ1v) is 8.37. The van der Waals surface area contributed by atoms with Gasteiger partial charge in [-0.1, -0.05) is 18.2 Å². The Morgan fingerprint density at radius 2 is 2.00 bits per heavy atom. The summed E-state index contributed by atoms with van der Waals surface area (Å²) in [5.41, 5.74) is 2.03. The highest BCUT2D eigenvalue weighted by molar-refractivity contribution is 5.79. The van der Waals surface area contributed by atoms with Gasteiger partial charge in [0.25, 0.3) is 0 Å². The van der Waals surface area contributed by atoms with Crippen molar-refractivity contribution < 1.29 is 18.3 Å². The van der Waals surface area contributed by atoms with Crippen LogP contribution in [0.4, 0.5) is 8.78 Å². The number of halogens is 2. The molecule has 0 radical (unpaired) electrons. The third kappa shape index (κ3) is 4.49. The van der Waals surface area contributed by atoms with E-state index in [-0.39, 0.29) is 18.4 Å². The van der Waals surface area contributed by atoms with Gasteiger partial charge in [-0.25, -0.2) is 8.78 Å². The second-order valence-electron chi connectivity index (χ2n) is 5.86. The zero-order valence-electron chi connectivity index (χ0n) is 14.5. The van der Waals surface area contributed by atoms with Gasteiger partial charge in [-0.15, -0.1) is 0 Å². The van der Waals surface area contributed by atoms with Crippen LogP contribution in [0.3, 0.4) is 0 Å². The Labute approximate surface area is 151 Å². The highest BCUT2D eigenvalue weighted by Gasteiger charge is 2.17. The van der Waals surface area contributed by atoms with Gasteiger partial charge in [0.2, 0.25) is 0 Å². The summed E-state index contributed by atoms with van der Waals surface area (Å²) in [6.45, 7) is 1.35. The van der Waals surface area contributed by atoms with Crippen molar-refractivity contribution in [3.8, 4) is 5.75 Å². The number of nitrogens with one attached hydrogen (secondary N) is 2. The van der Waals surface area contributed by atoms with Crippen molar-refractivity contribution >= 4 is 5.96 Å². The molecule has 0 bridgehead atoms. The lowest BCUT2D eigenvalue weighted by molar-refractivity contribution is -0.0172. The summed E-state index contributed by atoms with van der Waals surface area (Å²) in [6.07, 6.45) is 0.531. The Balaban J connectivity index is 1.56. The predicted molar refractivity (Wildman–Crippen MR) is 95.0 cm³/mol. The van der Waals surface area contributed by atoms with E-state index < -0.39 is 0 Å². The molecule has 5 nitrogen and oxygen atoms in total. The van der Waals surface area contributed by atoms with E-state index in [0.29, 0.717) is 54.5 Å². The summed E-state index contributed by atoms with van der Waals surface area (Å²) in [5, 5.41) is 6.24. The second kappa shape index (κ2) is 8.62. The van der Waals surface area contributed by atoms with Crippen LogP contribution in [-0.2, 0) is 24.3 Å². The Hall–Kier alpha value is -2.67. The molecule has 2 N–H and O–H groups in total. The number of benzene rings is 2. The summed E-state index contributed by atoms with van der Waals surface area (Å²) in [5.74, 6) is 0.638.